The van der Waals surface area contributed by atoms with Gasteiger partial charge in [-0.05, 0) is 25.0 Å². The smallest absolute Gasteiger partial charge is 0.120 e. The number of hydrogen-bond donors (Lipinski definition) is 1. The summed E-state index contributed by atoms with van der Waals surface area (Å²) in [4.78, 5) is 0. The van der Waals surface area contributed by atoms with E-state index in [9.17, 15) is 0 Å². The maximum Gasteiger partial charge on any atom is 0.120 e. The Kier molecular flexibility index (Phi) is 4.28. The van der Waals surface area contributed by atoms with Crippen molar-refractivity contribution in [2.24, 2.45) is 0 Å². The summed E-state index contributed by atoms with van der Waals surface area (Å²) in [6.45, 7) is 4.19. The van der Waals surface area contributed by atoms with Gasteiger partial charge in [0, 0.05) is 0 Å². The van der Waals surface area contributed by atoms with Crippen molar-refractivity contribution in [1.29, 1.82) is 0 Å². The Morgan fingerprint density at radius 1 is 1.50 bits per heavy atom. The zero-order valence-electron chi connectivity index (χ0n) is 8.79. The molecule has 0 aromatic carbocycles. The molecule has 76 valence electrons. The van der Waals surface area contributed by atoms with Crippen molar-refractivity contribution in [1.82, 2.24) is 5.32 Å². The molecule has 2 heteroatoms. The number of rotatable bonds is 5. The van der Waals surface area contributed by atoms with Crippen LogP contribution in [0.2, 0.25) is 0 Å². The van der Waals surface area contributed by atoms with Gasteiger partial charge in [-0.2, -0.15) is 0 Å². The molecule has 0 aliphatic carbocycles. The van der Waals surface area contributed by atoms with E-state index in [0.717, 1.165) is 18.6 Å². The Hall–Kier alpha value is -1.20. The van der Waals surface area contributed by atoms with Gasteiger partial charge in [-0.25, -0.2) is 0 Å². The summed E-state index contributed by atoms with van der Waals surface area (Å²) in [5, 5.41) is 3.38. The van der Waals surface area contributed by atoms with Crippen molar-refractivity contribution in [2.45, 2.75) is 38.8 Å². The van der Waals surface area contributed by atoms with Gasteiger partial charge in [0.1, 0.15) is 5.76 Å². The van der Waals surface area contributed by atoms with Crippen LogP contribution in [0.25, 0.3) is 0 Å². The average Bonchev–Trinajstić information content (AvgIpc) is 2.73. The van der Waals surface area contributed by atoms with E-state index in [0.29, 0.717) is 0 Å². The fourth-order valence-corrected chi connectivity index (χ4v) is 1.42. The number of terminal acetylenes is 1. The molecular weight excluding hydrogens is 174 g/mol. The minimum absolute atomic E-state index is 0.130. The Balaban J connectivity index is 2.60. The van der Waals surface area contributed by atoms with E-state index in [1.165, 1.54) is 0 Å². The predicted molar refractivity (Wildman–Crippen MR) is 57.8 cm³/mol. The van der Waals surface area contributed by atoms with Gasteiger partial charge in [-0.3, -0.25) is 5.32 Å². The first-order valence-corrected chi connectivity index (χ1v) is 5.07. The molecule has 1 aromatic rings. The topological polar surface area (TPSA) is 25.2 Å². The molecule has 0 aliphatic heterocycles. The standard InChI is InChI=1S/C12H17NO/c1-4-10(5-2)13-11(6-3)12-8-7-9-14-12/h1,7-11,13H,5-6H2,2-3H3. The lowest BCUT2D eigenvalue weighted by molar-refractivity contribution is 0.385. The van der Waals surface area contributed by atoms with E-state index in [1.54, 1.807) is 6.26 Å². The molecule has 0 saturated carbocycles. The maximum absolute atomic E-state index is 5.40. The predicted octanol–water partition coefficient (Wildman–Crippen LogP) is 2.73. The summed E-state index contributed by atoms with van der Waals surface area (Å²) < 4.78 is 5.35. The molecule has 0 amide bonds. The summed E-state index contributed by atoms with van der Waals surface area (Å²) in [5.41, 5.74) is 0. The Morgan fingerprint density at radius 2 is 2.29 bits per heavy atom. The summed E-state index contributed by atoms with van der Waals surface area (Å²) in [5.74, 6) is 3.69. The van der Waals surface area contributed by atoms with E-state index in [2.05, 4.69) is 25.1 Å². The van der Waals surface area contributed by atoms with Crippen LogP contribution in [0, 0.1) is 12.3 Å². The first-order valence-electron chi connectivity index (χ1n) is 5.07. The molecule has 0 bridgehead atoms. The van der Waals surface area contributed by atoms with Crippen LogP contribution in [0.5, 0.6) is 0 Å². The minimum Gasteiger partial charge on any atom is -0.468 e. The second-order valence-electron chi connectivity index (χ2n) is 3.27. The first-order chi connectivity index (χ1) is 6.81. The Morgan fingerprint density at radius 3 is 2.71 bits per heavy atom. The molecule has 0 spiro atoms. The zero-order valence-corrected chi connectivity index (χ0v) is 8.79. The van der Waals surface area contributed by atoms with Crippen LogP contribution in [0.15, 0.2) is 22.8 Å². The van der Waals surface area contributed by atoms with Gasteiger partial charge in [0.05, 0.1) is 18.3 Å². The highest BCUT2D eigenvalue weighted by Gasteiger charge is 2.14. The van der Waals surface area contributed by atoms with E-state index in [-0.39, 0.29) is 12.1 Å². The van der Waals surface area contributed by atoms with Gasteiger partial charge in [-0.1, -0.05) is 19.8 Å². The molecule has 1 aromatic heterocycles. The van der Waals surface area contributed by atoms with Gasteiger partial charge in [0.2, 0.25) is 0 Å². The molecule has 0 saturated heterocycles. The van der Waals surface area contributed by atoms with Crippen molar-refractivity contribution in [2.75, 3.05) is 0 Å². The molecule has 14 heavy (non-hydrogen) atoms. The van der Waals surface area contributed by atoms with Gasteiger partial charge in [0.25, 0.3) is 0 Å². The molecular formula is C12H17NO. The lowest BCUT2D eigenvalue weighted by Crippen LogP contribution is -2.30. The summed E-state index contributed by atoms with van der Waals surface area (Å²) in [6, 6.07) is 4.23. The quantitative estimate of drug-likeness (QED) is 0.724. The van der Waals surface area contributed by atoms with Crippen molar-refractivity contribution < 1.29 is 4.42 Å². The summed E-state index contributed by atoms with van der Waals surface area (Å²) >= 11 is 0. The second kappa shape index (κ2) is 5.51. The van der Waals surface area contributed by atoms with Crippen molar-refractivity contribution in [3.63, 3.8) is 0 Å². The fraction of sp³-hybridized carbons (Fsp3) is 0.500. The maximum atomic E-state index is 5.40. The highest BCUT2D eigenvalue weighted by molar-refractivity contribution is 5.07. The van der Waals surface area contributed by atoms with Crippen LogP contribution in [0.4, 0.5) is 0 Å². The zero-order chi connectivity index (χ0) is 10.4. The number of nitrogens with one attached hydrogen (secondary N) is 1. The van der Waals surface area contributed by atoms with Gasteiger partial charge >= 0.3 is 0 Å². The van der Waals surface area contributed by atoms with Crippen molar-refractivity contribution in [3.05, 3.63) is 24.2 Å². The molecule has 2 atom stereocenters. The van der Waals surface area contributed by atoms with Gasteiger partial charge < -0.3 is 4.42 Å². The van der Waals surface area contributed by atoms with E-state index in [1.807, 2.05) is 12.1 Å². The summed E-state index contributed by atoms with van der Waals surface area (Å²) in [7, 11) is 0. The minimum atomic E-state index is 0.130. The number of furan rings is 1. The normalized spacial score (nSPS) is 14.6. The van der Waals surface area contributed by atoms with Crippen LogP contribution in [0.1, 0.15) is 38.5 Å². The fourth-order valence-electron chi connectivity index (χ4n) is 1.42. The molecule has 1 rings (SSSR count). The third-order valence-electron chi connectivity index (χ3n) is 2.31. The number of hydrogen-bond acceptors (Lipinski definition) is 2. The van der Waals surface area contributed by atoms with Crippen LogP contribution in [-0.4, -0.2) is 6.04 Å². The molecule has 1 N–H and O–H groups in total. The molecule has 2 nitrogen and oxygen atoms in total. The Labute approximate surface area is 85.7 Å². The lowest BCUT2D eigenvalue weighted by Gasteiger charge is -2.18. The van der Waals surface area contributed by atoms with Crippen molar-refractivity contribution in [3.8, 4) is 12.3 Å². The third-order valence-corrected chi connectivity index (χ3v) is 2.31. The summed E-state index contributed by atoms with van der Waals surface area (Å²) in [6.07, 6.45) is 9.00. The highest BCUT2D eigenvalue weighted by atomic mass is 16.3. The average molecular weight is 191 g/mol. The van der Waals surface area contributed by atoms with E-state index < -0.39 is 0 Å². The van der Waals surface area contributed by atoms with Gasteiger partial charge in [0.15, 0.2) is 0 Å². The third kappa shape index (κ3) is 2.65. The van der Waals surface area contributed by atoms with Crippen LogP contribution >= 0.6 is 0 Å². The lowest BCUT2D eigenvalue weighted by atomic mass is 10.1. The van der Waals surface area contributed by atoms with Gasteiger partial charge in [-0.15, -0.1) is 6.42 Å². The Bertz CT molecular complexity index is 284. The highest BCUT2D eigenvalue weighted by Crippen LogP contribution is 2.17. The van der Waals surface area contributed by atoms with Crippen LogP contribution in [-0.2, 0) is 0 Å². The molecule has 1 heterocycles. The van der Waals surface area contributed by atoms with Crippen LogP contribution in [0.3, 0.4) is 0 Å². The van der Waals surface area contributed by atoms with Crippen molar-refractivity contribution >= 4 is 0 Å². The largest absolute Gasteiger partial charge is 0.468 e. The first kappa shape index (κ1) is 10.9. The molecule has 2 unspecified atom stereocenters. The molecule has 0 radical (unpaired) electrons. The SMILES string of the molecule is C#CC(CC)NC(CC)c1ccco1. The second-order valence-corrected chi connectivity index (χ2v) is 3.27. The van der Waals surface area contributed by atoms with E-state index in [4.69, 9.17) is 10.8 Å². The molecule has 0 aliphatic rings. The van der Waals surface area contributed by atoms with E-state index >= 15 is 0 Å². The molecule has 0 fully saturated rings. The monoisotopic (exact) mass is 191 g/mol. The van der Waals surface area contributed by atoms with Crippen LogP contribution < -0.4 is 5.32 Å².